The van der Waals surface area contributed by atoms with Gasteiger partial charge in [-0.1, -0.05) is 24.0 Å². The number of anilines is 1. The van der Waals surface area contributed by atoms with Gasteiger partial charge in [-0.2, -0.15) is 0 Å². The summed E-state index contributed by atoms with van der Waals surface area (Å²) < 4.78 is 13.5. The molecule has 1 amide bonds. The molecular weight excluding hydrogens is 417 g/mol. The Bertz CT molecular complexity index is 1230. The molecule has 0 aliphatic carbocycles. The Morgan fingerprint density at radius 3 is 2.76 bits per heavy atom. The molecule has 3 aromatic rings. The fourth-order valence-corrected chi connectivity index (χ4v) is 4.91. The summed E-state index contributed by atoms with van der Waals surface area (Å²) in [4.78, 5) is 19.3. The molecule has 0 saturated carbocycles. The van der Waals surface area contributed by atoms with Gasteiger partial charge in [0.2, 0.25) is 5.91 Å². The van der Waals surface area contributed by atoms with Gasteiger partial charge in [0.1, 0.15) is 5.82 Å². The number of fused-ring (bicyclic) bond motifs is 3. The lowest BCUT2D eigenvalue weighted by Gasteiger charge is -2.39. The molecule has 0 radical (unpaired) electrons. The van der Waals surface area contributed by atoms with Crippen molar-refractivity contribution in [3.05, 3.63) is 95.1 Å². The summed E-state index contributed by atoms with van der Waals surface area (Å²) in [5, 5.41) is 13.4. The van der Waals surface area contributed by atoms with Crippen LogP contribution in [0.5, 0.6) is 0 Å². The number of hydrogen-bond acceptors (Lipinski definition) is 4. The van der Waals surface area contributed by atoms with Crippen LogP contribution >= 0.6 is 0 Å². The molecular formula is C27H24FN3O2. The van der Waals surface area contributed by atoms with Crippen LogP contribution < -0.4 is 5.32 Å². The number of aromatic nitrogens is 1. The molecule has 166 valence electrons. The molecule has 1 fully saturated rings. The first-order valence-corrected chi connectivity index (χ1v) is 11.1. The highest BCUT2D eigenvalue weighted by Gasteiger charge is 2.45. The van der Waals surface area contributed by atoms with E-state index in [1.807, 2.05) is 35.2 Å². The van der Waals surface area contributed by atoms with Gasteiger partial charge in [-0.15, -0.1) is 0 Å². The number of rotatable bonds is 3. The number of amides is 1. The van der Waals surface area contributed by atoms with E-state index in [9.17, 15) is 14.3 Å². The Labute approximate surface area is 192 Å². The molecule has 33 heavy (non-hydrogen) atoms. The van der Waals surface area contributed by atoms with Crippen LogP contribution in [0.25, 0.3) is 0 Å². The second-order valence-electron chi connectivity index (χ2n) is 8.52. The third kappa shape index (κ3) is 4.33. The molecule has 0 bridgehead atoms. The molecule has 2 N–H and O–H groups in total. The van der Waals surface area contributed by atoms with Crippen molar-refractivity contribution in [2.45, 2.75) is 24.9 Å². The van der Waals surface area contributed by atoms with Crippen LogP contribution in [-0.4, -0.2) is 40.1 Å². The molecule has 1 aromatic heterocycles. The number of halogens is 1. The van der Waals surface area contributed by atoms with Gasteiger partial charge in [0.15, 0.2) is 0 Å². The zero-order chi connectivity index (χ0) is 22.8. The molecule has 3 heterocycles. The average Bonchev–Trinajstić information content (AvgIpc) is 3.29. The van der Waals surface area contributed by atoms with E-state index in [0.717, 1.165) is 28.8 Å². The van der Waals surface area contributed by atoms with Crippen LogP contribution in [0.2, 0.25) is 0 Å². The van der Waals surface area contributed by atoms with E-state index in [1.54, 1.807) is 24.5 Å². The van der Waals surface area contributed by atoms with E-state index in [-0.39, 0.29) is 36.3 Å². The molecule has 5 rings (SSSR count). The van der Waals surface area contributed by atoms with Crippen molar-refractivity contribution in [2.24, 2.45) is 5.92 Å². The normalized spacial score (nSPS) is 20.8. The quantitative estimate of drug-likeness (QED) is 0.611. The molecule has 6 heteroatoms. The molecule has 2 aliphatic rings. The van der Waals surface area contributed by atoms with Crippen LogP contribution in [0.4, 0.5) is 10.1 Å². The van der Waals surface area contributed by atoms with Crippen LogP contribution in [0.3, 0.4) is 0 Å². The van der Waals surface area contributed by atoms with Crippen molar-refractivity contribution in [1.29, 1.82) is 0 Å². The topological polar surface area (TPSA) is 65.5 Å². The summed E-state index contributed by atoms with van der Waals surface area (Å²) in [5.41, 5.74) is 4.21. The van der Waals surface area contributed by atoms with E-state index in [0.29, 0.717) is 18.5 Å². The minimum Gasteiger partial charge on any atom is -0.394 e. The lowest BCUT2D eigenvalue weighted by molar-refractivity contribution is -0.131. The van der Waals surface area contributed by atoms with Crippen LogP contribution in [0, 0.1) is 23.6 Å². The fraction of sp³-hybridized carbons (Fsp3) is 0.259. The molecule has 2 aliphatic heterocycles. The zero-order valence-corrected chi connectivity index (χ0v) is 18.0. The largest absolute Gasteiger partial charge is 0.394 e. The second kappa shape index (κ2) is 9.05. The predicted octanol–water partition coefficient (Wildman–Crippen LogP) is 3.54. The van der Waals surface area contributed by atoms with Crippen LogP contribution in [0.1, 0.15) is 34.7 Å². The number of carbonyl (C=O) groups excluding carboxylic acids is 1. The van der Waals surface area contributed by atoms with E-state index in [2.05, 4.69) is 22.1 Å². The molecule has 0 spiro atoms. The highest BCUT2D eigenvalue weighted by Crippen LogP contribution is 2.46. The molecule has 1 saturated heterocycles. The van der Waals surface area contributed by atoms with Crippen molar-refractivity contribution in [3.63, 3.8) is 0 Å². The van der Waals surface area contributed by atoms with E-state index < -0.39 is 0 Å². The first-order valence-electron chi connectivity index (χ1n) is 11.1. The number of hydrogen-bond donors (Lipinski definition) is 2. The number of aliphatic hydroxyl groups excluding tert-OH is 1. The van der Waals surface area contributed by atoms with E-state index in [1.165, 1.54) is 12.1 Å². The lowest BCUT2D eigenvalue weighted by atomic mass is 9.82. The van der Waals surface area contributed by atoms with Crippen molar-refractivity contribution in [1.82, 2.24) is 9.88 Å². The number of nitrogens with zero attached hydrogens (tertiary/aromatic N) is 2. The summed E-state index contributed by atoms with van der Waals surface area (Å²) in [6.07, 6.45) is 4.53. The Morgan fingerprint density at radius 1 is 1.15 bits per heavy atom. The number of nitrogens with one attached hydrogen (secondary N) is 1. The van der Waals surface area contributed by atoms with Crippen molar-refractivity contribution < 1.29 is 14.3 Å². The number of pyridine rings is 1. The summed E-state index contributed by atoms with van der Waals surface area (Å²) in [5.74, 6) is 5.99. The summed E-state index contributed by atoms with van der Waals surface area (Å²) in [7, 11) is 0. The number of carbonyl (C=O) groups is 1. The lowest BCUT2D eigenvalue weighted by Crippen LogP contribution is -2.43. The average molecular weight is 442 g/mol. The van der Waals surface area contributed by atoms with Gasteiger partial charge in [-0.05, 0) is 60.0 Å². The van der Waals surface area contributed by atoms with Gasteiger partial charge in [0.05, 0.1) is 25.1 Å². The molecule has 5 nitrogen and oxygen atoms in total. The van der Waals surface area contributed by atoms with Crippen molar-refractivity contribution in [3.8, 4) is 11.8 Å². The van der Waals surface area contributed by atoms with Crippen LogP contribution in [-0.2, 0) is 11.2 Å². The Hall–Kier alpha value is -3.69. The fourth-order valence-electron chi connectivity index (χ4n) is 4.91. The number of likely N-dealkylation sites (tertiary alicyclic amines) is 1. The smallest absolute Gasteiger partial charge is 0.227 e. The summed E-state index contributed by atoms with van der Waals surface area (Å²) in [6.45, 7) is 0.650. The Morgan fingerprint density at radius 2 is 2.00 bits per heavy atom. The maximum Gasteiger partial charge on any atom is 0.227 e. The van der Waals surface area contributed by atoms with Gasteiger partial charge >= 0.3 is 0 Å². The van der Waals surface area contributed by atoms with Gasteiger partial charge in [-0.25, -0.2) is 4.39 Å². The maximum absolute atomic E-state index is 13.5. The van der Waals surface area contributed by atoms with Gasteiger partial charge in [0.25, 0.3) is 0 Å². The number of aliphatic hydroxyl groups is 1. The third-order valence-corrected chi connectivity index (χ3v) is 6.44. The first-order chi connectivity index (χ1) is 16.1. The predicted molar refractivity (Wildman–Crippen MR) is 124 cm³/mol. The summed E-state index contributed by atoms with van der Waals surface area (Å²) in [6, 6.07) is 15.6. The standard InChI is InChI=1S/C27H24FN3O2/c28-21-5-1-3-18(13-21)6-7-19-8-9-24-23(14-19)27-22(25(17-32)30-24)10-12-31(27)26(33)15-20-4-2-11-29-16-20/h1-5,8-9,11,13-14,16,22,25,27,30,32H,10,12,15,17H2/t22-,25+,27-/m1/s1. The van der Waals surface area contributed by atoms with E-state index >= 15 is 0 Å². The zero-order valence-electron chi connectivity index (χ0n) is 18.0. The highest BCUT2D eigenvalue weighted by atomic mass is 19.1. The van der Waals surface area contributed by atoms with Crippen LogP contribution in [0.15, 0.2) is 67.0 Å². The minimum atomic E-state index is -0.317. The third-order valence-electron chi connectivity index (χ3n) is 6.44. The Balaban J connectivity index is 1.47. The number of benzene rings is 2. The Kier molecular flexibility index (Phi) is 5.80. The monoisotopic (exact) mass is 441 g/mol. The van der Waals surface area contributed by atoms with Crippen molar-refractivity contribution in [2.75, 3.05) is 18.5 Å². The maximum atomic E-state index is 13.5. The first kappa shape index (κ1) is 21.2. The molecule has 3 atom stereocenters. The van der Waals surface area contributed by atoms with Gasteiger partial charge in [0, 0.05) is 41.7 Å². The highest BCUT2D eigenvalue weighted by molar-refractivity contribution is 5.80. The molecule has 0 unspecified atom stereocenters. The van der Waals surface area contributed by atoms with Crippen molar-refractivity contribution >= 4 is 11.6 Å². The molecule has 2 aromatic carbocycles. The summed E-state index contributed by atoms with van der Waals surface area (Å²) >= 11 is 0. The van der Waals surface area contributed by atoms with Gasteiger partial charge < -0.3 is 15.3 Å². The van der Waals surface area contributed by atoms with E-state index in [4.69, 9.17) is 0 Å². The second-order valence-corrected chi connectivity index (χ2v) is 8.52. The van der Waals surface area contributed by atoms with Gasteiger partial charge in [-0.3, -0.25) is 9.78 Å². The SMILES string of the molecule is O=C(Cc1cccnc1)N1CC[C@@H]2[C@H](CO)Nc3ccc(C#Cc4cccc(F)c4)cc3[C@@H]21. The minimum absolute atomic E-state index is 0.00632.